The normalized spacial score (nSPS) is 24.3. The van der Waals surface area contributed by atoms with Crippen molar-refractivity contribution in [3.05, 3.63) is 29.6 Å². The minimum absolute atomic E-state index is 0.0324. The zero-order valence-electron chi connectivity index (χ0n) is 11.1. The van der Waals surface area contributed by atoms with Crippen molar-refractivity contribution in [2.75, 3.05) is 19.8 Å². The van der Waals surface area contributed by atoms with Gasteiger partial charge in [0.2, 0.25) is 0 Å². The van der Waals surface area contributed by atoms with E-state index in [9.17, 15) is 14.0 Å². The Labute approximate surface area is 120 Å². The number of carbonyl (C=O) groups is 2. The van der Waals surface area contributed by atoms with E-state index in [0.717, 1.165) is 0 Å². The average molecular weight is 295 g/mol. The summed E-state index contributed by atoms with van der Waals surface area (Å²) in [7, 11) is 0. The van der Waals surface area contributed by atoms with E-state index in [-0.39, 0.29) is 25.4 Å². The Hall–Kier alpha value is -2.15. The average Bonchev–Trinajstić information content (AvgIpc) is 2.89. The van der Waals surface area contributed by atoms with Crippen molar-refractivity contribution < 1.29 is 28.6 Å². The summed E-state index contributed by atoms with van der Waals surface area (Å²) in [4.78, 5) is 24.9. The number of fused-ring (bicyclic) bond motifs is 1. The van der Waals surface area contributed by atoms with Gasteiger partial charge >= 0.3 is 5.97 Å². The molecule has 2 aliphatic heterocycles. The number of carbonyl (C=O) groups excluding carboxylic acids is 1. The second-order valence-corrected chi connectivity index (χ2v) is 5.02. The maximum Gasteiger partial charge on any atom is 0.328 e. The van der Waals surface area contributed by atoms with E-state index < -0.39 is 24.0 Å². The fourth-order valence-electron chi connectivity index (χ4n) is 2.61. The maximum absolute atomic E-state index is 13.2. The summed E-state index contributed by atoms with van der Waals surface area (Å²) in [5.41, 5.74) is 0.619. The summed E-state index contributed by atoms with van der Waals surface area (Å²) in [5.74, 6) is -1.43. The molecule has 1 saturated heterocycles. The molecule has 1 amide bonds. The van der Waals surface area contributed by atoms with Crippen LogP contribution in [0.4, 0.5) is 4.39 Å². The second-order valence-electron chi connectivity index (χ2n) is 5.02. The van der Waals surface area contributed by atoms with Crippen LogP contribution in [-0.4, -0.2) is 53.8 Å². The number of benzene rings is 1. The summed E-state index contributed by atoms with van der Waals surface area (Å²) < 4.78 is 23.8. The van der Waals surface area contributed by atoms with Gasteiger partial charge in [-0.15, -0.1) is 0 Å². The van der Waals surface area contributed by atoms with E-state index in [1.165, 1.54) is 23.1 Å². The van der Waals surface area contributed by atoms with Crippen LogP contribution in [-0.2, 0) is 20.7 Å². The van der Waals surface area contributed by atoms with Gasteiger partial charge in [0.05, 0.1) is 13.2 Å². The molecule has 112 valence electrons. The number of carboxylic acid groups (broad SMARTS) is 1. The molecule has 1 fully saturated rings. The van der Waals surface area contributed by atoms with Crippen molar-refractivity contribution in [2.45, 2.75) is 18.6 Å². The van der Waals surface area contributed by atoms with Gasteiger partial charge in [-0.05, 0) is 18.2 Å². The Balaban J connectivity index is 1.76. The van der Waals surface area contributed by atoms with E-state index in [4.69, 9.17) is 14.6 Å². The molecule has 3 rings (SSSR count). The third kappa shape index (κ3) is 2.56. The Bertz CT molecular complexity index is 591. The van der Waals surface area contributed by atoms with Gasteiger partial charge in [-0.25, -0.2) is 9.18 Å². The maximum atomic E-state index is 13.2. The molecule has 0 bridgehead atoms. The number of hydrogen-bond acceptors (Lipinski definition) is 4. The van der Waals surface area contributed by atoms with Crippen LogP contribution in [0.5, 0.6) is 5.75 Å². The molecule has 0 unspecified atom stereocenters. The fourth-order valence-corrected chi connectivity index (χ4v) is 2.61. The molecule has 1 aromatic carbocycles. The predicted octanol–water partition coefficient (Wildman–Crippen LogP) is 0.441. The molecule has 0 aromatic heterocycles. The number of nitrogens with zero attached hydrogens (tertiary/aromatic N) is 1. The lowest BCUT2D eigenvalue weighted by Crippen LogP contribution is -2.56. The first-order valence-electron chi connectivity index (χ1n) is 6.62. The van der Waals surface area contributed by atoms with Gasteiger partial charge in [0.15, 0.2) is 12.1 Å². The smallest absolute Gasteiger partial charge is 0.328 e. The van der Waals surface area contributed by atoms with Crippen LogP contribution in [0.2, 0.25) is 0 Å². The largest absolute Gasteiger partial charge is 0.480 e. The summed E-state index contributed by atoms with van der Waals surface area (Å²) in [5, 5.41) is 9.15. The van der Waals surface area contributed by atoms with E-state index in [1.807, 2.05) is 0 Å². The zero-order chi connectivity index (χ0) is 15.0. The minimum Gasteiger partial charge on any atom is -0.480 e. The Morgan fingerprint density at radius 2 is 2.19 bits per heavy atom. The third-order valence-corrected chi connectivity index (χ3v) is 3.67. The molecule has 0 saturated carbocycles. The highest BCUT2D eigenvalue weighted by Gasteiger charge is 2.39. The lowest BCUT2D eigenvalue weighted by atomic mass is 10.1. The number of morpholine rings is 1. The first-order chi connectivity index (χ1) is 10.1. The van der Waals surface area contributed by atoms with Crippen LogP contribution in [0.1, 0.15) is 5.56 Å². The minimum atomic E-state index is -1.11. The van der Waals surface area contributed by atoms with Crippen LogP contribution in [0.3, 0.4) is 0 Å². The quantitative estimate of drug-likeness (QED) is 0.857. The summed E-state index contributed by atoms with van der Waals surface area (Å²) >= 11 is 0. The molecule has 2 aliphatic rings. The molecule has 2 heterocycles. The van der Waals surface area contributed by atoms with Gasteiger partial charge in [-0.2, -0.15) is 0 Å². The topological polar surface area (TPSA) is 76.1 Å². The molecular formula is C14H14FNO5. The molecule has 2 atom stereocenters. The van der Waals surface area contributed by atoms with Gasteiger partial charge in [0, 0.05) is 18.5 Å². The molecule has 0 spiro atoms. The van der Waals surface area contributed by atoms with E-state index in [1.54, 1.807) is 0 Å². The van der Waals surface area contributed by atoms with Crippen molar-refractivity contribution in [3.8, 4) is 5.75 Å². The third-order valence-electron chi connectivity index (χ3n) is 3.67. The van der Waals surface area contributed by atoms with Gasteiger partial charge in [0.1, 0.15) is 11.6 Å². The number of carboxylic acids is 1. The Morgan fingerprint density at radius 3 is 2.95 bits per heavy atom. The van der Waals surface area contributed by atoms with Crippen molar-refractivity contribution >= 4 is 11.9 Å². The fraction of sp³-hybridized carbons (Fsp3) is 0.429. The van der Waals surface area contributed by atoms with Crippen molar-refractivity contribution in [1.82, 2.24) is 4.90 Å². The van der Waals surface area contributed by atoms with Gasteiger partial charge < -0.3 is 19.5 Å². The lowest BCUT2D eigenvalue weighted by Gasteiger charge is -2.34. The Kier molecular flexibility index (Phi) is 3.50. The first kappa shape index (κ1) is 13.8. The number of aliphatic carboxylic acids is 1. The molecule has 6 nitrogen and oxygen atoms in total. The van der Waals surface area contributed by atoms with Gasteiger partial charge in [0.25, 0.3) is 5.91 Å². The van der Waals surface area contributed by atoms with Gasteiger partial charge in [-0.1, -0.05) is 0 Å². The molecular weight excluding hydrogens is 281 g/mol. The highest BCUT2D eigenvalue weighted by Crippen LogP contribution is 2.30. The van der Waals surface area contributed by atoms with Crippen LogP contribution in [0.15, 0.2) is 18.2 Å². The van der Waals surface area contributed by atoms with Gasteiger partial charge in [-0.3, -0.25) is 4.79 Å². The SMILES string of the molecule is O=C(O)[C@H]1COCCN1C(=O)[C@H]1Cc2cc(F)ccc2O1. The zero-order valence-corrected chi connectivity index (χ0v) is 11.1. The van der Waals surface area contributed by atoms with Crippen LogP contribution in [0, 0.1) is 5.82 Å². The molecule has 0 radical (unpaired) electrons. The highest BCUT2D eigenvalue weighted by molar-refractivity contribution is 5.87. The number of ether oxygens (including phenoxy) is 2. The standard InChI is InChI=1S/C14H14FNO5/c15-9-1-2-11-8(5-9)6-12(21-11)13(17)16-3-4-20-7-10(16)14(18)19/h1-2,5,10,12H,3-4,6-7H2,(H,18,19)/t10-,12-/m1/s1. The second kappa shape index (κ2) is 5.33. The van der Waals surface area contributed by atoms with Crippen LogP contribution < -0.4 is 4.74 Å². The van der Waals surface area contributed by atoms with E-state index in [2.05, 4.69) is 0 Å². The highest BCUT2D eigenvalue weighted by atomic mass is 19.1. The van der Waals surface area contributed by atoms with Crippen molar-refractivity contribution in [2.24, 2.45) is 0 Å². The van der Waals surface area contributed by atoms with E-state index >= 15 is 0 Å². The molecule has 7 heteroatoms. The van der Waals surface area contributed by atoms with Crippen LogP contribution in [0.25, 0.3) is 0 Å². The van der Waals surface area contributed by atoms with Crippen molar-refractivity contribution in [1.29, 1.82) is 0 Å². The molecule has 0 aliphatic carbocycles. The Morgan fingerprint density at radius 1 is 1.38 bits per heavy atom. The number of rotatable bonds is 2. The number of amides is 1. The molecule has 1 aromatic rings. The van der Waals surface area contributed by atoms with Crippen LogP contribution >= 0.6 is 0 Å². The number of hydrogen-bond donors (Lipinski definition) is 1. The lowest BCUT2D eigenvalue weighted by molar-refractivity contribution is -0.161. The van der Waals surface area contributed by atoms with E-state index in [0.29, 0.717) is 17.9 Å². The summed E-state index contributed by atoms with van der Waals surface area (Å²) in [6, 6.07) is 3.07. The predicted molar refractivity (Wildman–Crippen MR) is 68.5 cm³/mol. The summed E-state index contributed by atoms with van der Waals surface area (Å²) in [6.45, 7) is 0.472. The molecule has 1 N–H and O–H groups in total. The summed E-state index contributed by atoms with van der Waals surface area (Å²) in [6.07, 6.45) is -0.558. The number of halogens is 1. The monoisotopic (exact) mass is 295 g/mol. The van der Waals surface area contributed by atoms with Crippen molar-refractivity contribution in [3.63, 3.8) is 0 Å². The molecule has 21 heavy (non-hydrogen) atoms. The first-order valence-corrected chi connectivity index (χ1v) is 6.62.